The number of halogens is 2. The Balaban J connectivity index is 2.32. The van der Waals surface area contributed by atoms with Gasteiger partial charge in [0.1, 0.15) is 0 Å². The predicted molar refractivity (Wildman–Crippen MR) is 49.7 cm³/mol. The van der Waals surface area contributed by atoms with Gasteiger partial charge in [-0.3, -0.25) is 0 Å². The molecule has 1 atom stereocenters. The van der Waals surface area contributed by atoms with Crippen molar-refractivity contribution in [1.82, 2.24) is 0 Å². The van der Waals surface area contributed by atoms with E-state index in [1.165, 1.54) is 6.42 Å². The summed E-state index contributed by atoms with van der Waals surface area (Å²) in [7, 11) is 0. The highest BCUT2D eigenvalue weighted by Gasteiger charge is 2.29. The minimum absolute atomic E-state index is 0.0581. The quantitative estimate of drug-likeness (QED) is 0.729. The Hall–Kier alpha value is -0.180. The average Bonchev–Trinajstić information content (AvgIpc) is 2.17. The molecule has 0 aromatic heterocycles. The molecule has 13 heavy (non-hydrogen) atoms. The maximum Gasteiger partial charge on any atom is 0.253 e. The number of hydrogen-bond donors (Lipinski definition) is 1. The summed E-state index contributed by atoms with van der Waals surface area (Å²) >= 11 is 0. The first kappa shape index (κ1) is 10.9. The summed E-state index contributed by atoms with van der Waals surface area (Å²) in [6, 6.07) is -0.891. The van der Waals surface area contributed by atoms with Crippen molar-refractivity contribution in [2.24, 2.45) is 17.6 Å². The first-order valence-corrected chi connectivity index (χ1v) is 5.18. The zero-order chi connectivity index (χ0) is 9.84. The molecule has 0 amide bonds. The van der Waals surface area contributed by atoms with Gasteiger partial charge in [0, 0.05) is 0 Å². The normalized spacial score (nSPS) is 32.1. The van der Waals surface area contributed by atoms with Crippen LogP contribution >= 0.6 is 0 Å². The van der Waals surface area contributed by atoms with Gasteiger partial charge < -0.3 is 5.73 Å². The lowest BCUT2D eigenvalue weighted by molar-refractivity contribution is 0.0711. The average molecular weight is 191 g/mol. The number of hydrogen-bond acceptors (Lipinski definition) is 1. The molecule has 0 spiro atoms. The zero-order valence-corrected chi connectivity index (χ0v) is 8.18. The van der Waals surface area contributed by atoms with Gasteiger partial charge in [-0.2, -0.15) is 0 Å². The van der Waals surface area contributed by atoms with Crippen molar-refractivity contribution < 1.29 is 8.78 Å². The van der Waals surface area contributed by atoms with E-state index in [4.69, 9.17) is 5.73 Å². The van der Waals surface area contributed by atoms with E-state index >= 15 is 0 Å². The fourth-order valence-electron chi connectivity index (χ4n) is 2.19. The largest absolute Gasteiger partial charge is 0.323 e. The summed E-state index contributed by atoms with van der Waals surface area (Å²) in [5, 5.41) is 0. The van der Waals surface area contributed by atoms with Crippen molar-refractivity contribution in [1.29, 1.82) is 0 Å². The highest BCUT2D eigenvalue weighted by Crippen LogP contribution is 2.33. The van der Waals surface area contributed by atoms with Crippen LogP contribution in [0.3, 0.4) is 0 Å². The van der Waals surface area contributed by atoms with Gasteiger partial charge >= 0.3 is 0 Å². The molecule has 2 N–H and O–H groups in total. The van der Waals surface area contributed by atoms with Crippen molar-refractivity contribution in [2.75, 3.05) is 0 Å². The molecule has 3 heteroatoms. The van der Waals surface area contributed by atoms with Crippen LogP contribution in [-0.2, 0) is 0 Å². The molecule has 0 radical (unpaired) electrons. The standard InChI is InChI=1S/C10H19F2N/c1-2-7-3-5-8(6-4-7)9(13)10(11)12/h7-10H,2-6,13H2,1H3. The number of nitrogens with two attached hydrogens (primary N) is 1. The van der Waals surface area contributed by atoms with Crippen molar-refractivity contribution in [3.8, 4) is 0 Å². The van der Waals surface area contributed by atoms with Gasteiger partial charge in [0.05, 0.1) is 6.04 Å². The number of alkyl halides is 2. The molecule has 0 aromatic rings. The molecule has 0 aliphatic heterocycles. The molecule has 1 aliphatic rings. The Morgan fingerprint density at radius 2 is 1.77 bits per heavy atom. The fraction of sp³-hybridized carbons (Fsp3) is 1.00. The molecule has 1 rings (SSSR count). The molecule has 1 nitrogen and oxygen atoms in total. The summed E-state index contributed by atoms with van der Waals surface area (Å²) in [6.07, 6.45) is 2.79. The lowest BCUT2D eigenvalue weighted by Gasteiger charge is -2.31. The van der Waals surface area contributed by atoms with Crippen LogP contribution in [0.4, 0.5) is 8.78 Å². The third-order valence-corrected chi connectivity index (χ3v) is 3.30. The van der Waals surface area contributed by atoms with Crippen molar-refractivity contribution in [3.05, 3.63) is 0 Å². The SMILES string of the molecule is CCC1CCC(C(N)C(F)F)CC1. The Morgan fingerprint density at radius 3 is 2.15 bits per heavy atom. The number of rotatable bonds is 3. The lowest BCUT2D eigenvalue weighted by Crippen LogP contribution is -2.38. The summed E-state index contributed by atoms with van der Waals surface area (Å²) in [6.45, 7) is 2.16. The minimum Gasteiger partial charge on any atom is -0.323 e. The van der Waals surface area contributed by atoms with E-state index in [9.17, 15) is 8.78 Å². The van der Waals surface area contributed by atoms with Crippen LogP contribution in [0, 0.1) is 11.8 Å². The molecular formula is C10H19F2N. The molecule has 78 valence electrons. The van der Waals surface area contributed by atoms with E-state index in [1.807, 2.05) is 0 Å². The lowest BCUT2D eigenvalue weighted by atomic mass is 9.78. The molecular weight excluding hydrogens is 172 g/mol. The Morgan fingerprint density at radius 1 is 1.23 bits per heavy atom. The summed E-state index contributed by atoms with van der Waals surface area (Å²) < 4.78 is 24.5. The molecule has 1 fully saturated rings. The van der Waals surface area contributed by atoms with Gasteiger partial charge in [-0.15, -0.1) is 0 Å². The topological polar surface area (TPSA) is 26.0 Å². The summed E-state index contributed by atoms with van der Waals surface area (Å²) in [5.41, 5.74) is 5.43. The molecule has 0 aromatic carbocycles. The van der Waals surface area contributed by atoms with E-state index in [-0.39, 0.29) is 5.92 Å². The fourth-order valence-corrected chi connectivity index (χ4v) is 2.19. The van der Waals surface area contributed by atoms with E-state index < -0.39 is 12.5 Å². The van der Waals surface area contributed by atoms with Crippen LogP contribution in [0.15, 0.2) is 0 Å². The van der Waals surface area contributed by atoms with E-state index in [0.717, 1.165) is 31.6 Å². The van der Waals surface area contributed by atoms with Crippen LogP contribution in [0.1, 0.15) is 39.0 Å². The van der Waals surface area contributed by atoms with Crippen LogP contribution < -0.4 is 5.73 Å². The third-order valence-electron chi connectivity index (χ3n) is 3.30. The van der Waals surface area contributed by atoms with Crippen molar-refractivity contribution in [3.63, 3.8) is 0 Å². The molecule has 0 saturated heterocycles. The minimum atomic E-state index is -2.34. The van der Waals surface area contributed by atoms with Crippen molar-refractivity contribution >= 4 is 0 Å². The highest BCUT2D eigenvalue weighted by atomic mass is 19.3. The Kier molecular flexibility index (Phi) is 4.10. The van der Waals surface area contributed by atoms with Crippen LogP contribution in [0.25, 0.3) is 0 Å². The van der Waals surface area contributed by atoms with Crippen LogP contribution in [0.5, 0.6) is 0 Å². The van der Waals surface area contributed by atoms with Crippen LogP contribution in [-0.4, -0.2) is 12.5 Å². The second kappa shape index (κ2) is 4.89. The third kappa shape index (κ3) is 2.90. The summed E-state index contributed by atoms with van der Waals surface area (Å²) in [5.74, 6) is 0.809. The smallest absolute Gasteiger partial charge is 0.253 e. The first-order chi connectivity index (χ1) is 6.15. The van der Waals surface area contributed by atoms with Gasteiger partial charge in [-0.1, -0.05) is 26.2 Å². The summed E-state index contributed by atoms with van der Waals surface area (Å²) in [4.78, 5) is 0. The maximum absolute atomic E-state index is 12.3. The van der Waals surface area contributed by atoms with E-state index in [1.54, 1.807) is 0 Å². The van der Waals surface area contributed by atoms with Gasteiger partial charge in [0.25, 0.3) is 6.43 Å². The molecule has 0 bridgehead atoms. The molecule has 0 heterocycles. The second-order valence-electron chi connectivity index (χ2n) is 4.10. The van der Waals surface area contributed by atoms with Crippen molar-refractivity contribution in [2.45, 2.75) is 51.5 Å². The van der Waals surface area contributed by atoms with E-state index in [0.29, 0.717) is 0 Å². The van der Waals surface area contributed by atoms with Crippen LogP contribution in [0.2, 0.25) is 0 Å². The van der Waals surface area contributed by atoms with Gasteiger partial charge in [0.2, 0.25) is 0 Å². The molecule has 1 unspecified atom stereocenters. The Bertz CT molecular complexity index is 142. The van der Waals surface area contributed by atoms with Gasteiger partial charge in [0.15, 0.2) is 0 Å². The molecule has 1 aliphatic carbocycles. The maximum atomic E-state index is 12.3. The van der Waals surface area contributed by atoms with E-state index in [2.05, 4.69) is 6.92 Å². The zero-order valence-electron chi connectivity index (χ0n) is 8.18. The first-order valence-electron chi connectivity index (χ1n) is 5.18. The molecule has 1 saturated carbocycles. The highest BCUT2D eigenvalue weighted by molar-refractivity contribution is 4.80. The second-order valence-corrected chi connectivity index (χ2v) is 4.10. The van der Waals surface area contributed by atoms with Gasteiger partial charge in [-0.05, 0) is 24.7 Å². The Labute approximate surface area is 78.7 Å². The monoisotopic (exact) mass is 191 g/mol. The van der Waals surface area contributed by atoms with Gasteiger partial charge in [-0.25, -0.2) is 8.78 Å². The predicted octanol–water partition coefficient (Wildman–Crippen LogP) is 2.80.